The van der Waals surface area contributed by atoms with Crippen LogP contribution < -0.4 is 5.32 Å². The first-order chi connectivity index (χ1) is 36.1. The molecule has 2 fully saturated rings. The number of amides is 1. The number of carbonyl (C=O) groups is 6. The van der Waals surface area contributed by atoms with Crippen molar-refractivity contribution in [1.29, 1.82) is 0 Å². The number of rotatable bonds is 22. The van der Waals surface area contributed by atoms with Crippen LogP contribution in [0.5, 0.6) is 0 Å². The van der Waals surface area contributed by atoms with Gasteiger partial charge in [-0.05, 0) is 55.5 Å². The van der Waals surface area contributed by atoms with E-state index in [4.69, 9.17) is 82.2 Å². The number of thioether (sulfide) groups is 1. The quantitative estimate of drug-likeness (QED) is 0.0297. The molecular formula is C54H52Cl3NO16S. The van der Waals surface area contributed by atoms with Gasteiger partial charge in [0.1, 0.15) is 48.8 Å². The predicted molar refractivity (Wildman–Crippen MR) is 273 cm³/mol. The molecule has 0 aromatic heterocycles. The molecule has 2 saturated heterocycles. The van der Waals surface area contributed by atoms with Gasteiger partial charge in [-0.2, -0.15) is 0 Å². The summed E-state index contributed by atoms with van der Waals surface area (Å²) in [7, 11) is 1.19. The van der Waals surface area contributed by atoms with Gasteiger partial charge >= 0.3 is 30.0 Å². The highest BCUT2D eigenvalue weighted by molar-refractivity contribution is 7.99. The van der Waals surface area contributed by atoms with Gasteiger partial charge in [0.2, 0.25) is 10.1 Å². The van der Waals surface area contributed by atoms with E-state index in [1.165, 1.54) is 62.2 Å². The Kier molecular flexibility index (Phi) is 20.9. The Hall–Kier alpha value is -6.06. The third kappa shape index (κ3) is 16.7. The Balaban J connectivity index is 1.38. The maximum atomic E-state index is 14.5. The smallest absolute Gasteiger partial charge is 0.407 e. The molecule has 0 spiro atoms. The van der Waals surface area contributed by atoms with Crippen molar-refractivity contribution in [2.45, 2.75) is 89.1 Å². The largest absolute Gasteiger partial charge is 0.458 e. The van der Waals surface area contributed by atoms with E-state index in [2.05, 4.69) is 5.32 Å². The molecule has 0 aliphatic carbocycles. The first kappa shape index (κ1) is 56.7. The molecule has 5 aromatic rings. The fraction of sp³-hybridized carbons (Fsp3) is 0.333. The van der Waals surface area contributed by atoms with Crippen LogP contribution in [-0.4, -0.2) is 121 Å². The number of benzene rings is 5. The van der Waals surface area contributed by atoms with Gasteiger partial charge in [-0.25, -0.2) is 19.2 Å². The monoisotopic (exact) mass is 1110 g/mol. The highest BCUT2D eigenvalue weighted by Gasteiger charge is 2.55. The molecular weight excluding hydrogens is 1060 g/mol. The number of halogens is 3. The minimum Gasteiger partial charge on any atom is -0.458 e. The zero-order chi connectivity index (χ0) is 53.3. The standard InChI is InChI=1S/C54H52Cl3NO16S/c1-33(59)28-29-41(60)69-39(30-66-47(61)34-18-8-3-9-19-34)43(65-2)46(71-48(62)35-20-10-4-11-21-35)51(74-49(63)36-22-12-5-13-23-36)73-45-42(58-53(64)68-32-54(55,56)57)52(75-38-26-16-7-17-27-38)70-40-31-67-50(72-44(40)45)37-24-14-6-15-25-37/h3-27,39-40,42-46,50-52H,28-32H2,1-2H3,(H,58,64)/t39-,40?,42?,43?,44?,45?,46?,50?,51?,52?/m1/s1. The second-order valence-corrected chi connectivity index (χ2v) is 20.6. The summed E-state index contributed by atoms with van der Waals surface area (Å²) in [6, 6.07) is 40.1. The fourth-order valence-corrected chi connectivity index (χ4v) is 9.17. The maximum Gasteiger partial charge on any atom is 0.407 e. The molecule has 17 nitrogen and oxygen atoms in total. The van der Waals surface area contributed by atoms with Crippen LogP contribution in [-0.2, 0) is 57.0 Å². The van der Waals surface area contributed by atoms with Crippen LogP contribution in [0.1, 0.15) is 62.7 Å². The fourth-order valence-electron chi connectivity index (χ4n) is 7.86. The van der Waals surface area contributed by atoms with E-state index in [1.807, 2.05) is 24.3 Å². The maximum absolute atomic E-state index is 14.5. The van der Waals surface area contributed by atoms with E-state index in [-0.39, 0.29) is 35.5 Å². The van der Waals surface area contributed by atoms with Gasteiger partial charge < -0.3 is 57.5 Å². The molecule has 21 heteroatoms. The second kappa shape index (κ2) is 27.6. The van der Waals surface area contributed by atoms with Crippen LogP contribution in [0.4, 0.5) is 4.79 Å². The molecule has 1 N–H and O–H groups in total. The number of Topliss-reactive ketones (excluding diaryl/α,β-unsaturated/α-hetero) is 1. The van der Waals surface area contributed by atoms with Crippen molar-refractivity contribution in [2.75, 3.05) is 26.9 Å². The van der Waals surface area contributed by atoms with Gasteiger partial charge in [-0.15, -0.1) is 0 Å². The van der Waals surface area contributed by atoms with Crippen LogP contribution in [0.2, 0.25) is 0 Å². The van der Waals surface area contributed by atoms with E-state index >= 15 is 0 Å². The molecule has 0 saturated carbocycles. The van der Waals surface area contributed by atoms with E-state index in [0.29, 0.717) is 10.5 Å². The van der Waals surface area contributed by atoms with E-state index in [0.717, 1.165) is 0 Å². The summed E-state index contributed by atoms with van der Waals surface area (Å²) in [4.78, 5) is 82.8. The number of carbonyl (C=O) groups excluding carboxylic acids is 6. The van der Waals surface area contributed by atoms with E-state index in [1.54, 1.807) is 91.0 Å². The molecule has 0 bridgehead atoms. The number of esters is 4. The second-order valence-electron chi connectivity index (χ2n) is 16.9. The van der Waals surface area contributed by atoms with Crippen LogP contribution >= 0.6 is 46.6 Å². The van der Waals surface area contributed by atoms with Crippen molar-refractivity contribution < 1.29 is 76.1 Å². The molecule has 2 heterocycles. The molecule has 10 atom stereocenters. The molecule has 2 aliphatic heterocycles. The Morgan fingerprint density at radius 2 is 1.21 bits per heavy atom. The van der Waals surface area contributed by atoms with Crippen molar-refractivity contribution in [2.24, 2.45) is 0 Å². The van der Waals surface area contributed by atoms with Gasteiger partial charge in [-0.1, -0.05) is 150 Å². The molecule has 396 valence electrons. The first-order valence-corrected chi connectivity index (χ1v) is 25.5. The van der Waals surface area contributed by atoms with Crippen molar-refractivity contribution >= 4 is 82.3 Å². The first-order valence-electron chi connectivity index (χ1n) is 23.5. The van der Waals surface area contributed by atoms with Gasteiger partial charge in [0.15, 0.2) is 18.5 Å². The molecule has 5 aromatic carbocycles. The van der Waals surface area contributed by atoms with Crippen LogP contribution in [0.25, 0.3) is 0 Å². The van der Waals surface area contributed by atoms with E-state index < -0.39 is 114 Å². The van der Waals surface area contributed by atoms with Crippen LogP contribution in [0, 0.1) is 0 Å². The Labute approximate surface area is 451 Å². The molecule has 7 rings (SSSR count). The van der Waals surface area contributed by atoms with Crippen LogP contribution in [0.3, 0.4) is 0 Å². The summed E-state index contributed by atoms with van der Waals surface area (Å²) >= 11 is 19.2. The molecule has 0 radical (unpaired) electrons. The van der Waals surface area contributed by atoms with Gasteiger partial charge in [0.05, 0.1) is 35.8 Å². The lowest BCUT2D eigenvalue weighted by Crippen LogP contribution is -2.68. The van der Waals surface area contributed by atoms with Gasteiger partial charge in [0.25, 0.3) is 0 Å². The number of nitrogens with one attached hydrogen (secondary N) is 1. The molecule has 1 amide bonds. The van der Waals surface area contributed by atoms with Crippen molar-refractivity contribution in [1.82, 2.24) is 5.32 Å². The van der Waals surface area contributed by atoms with Crippen molar-refractivity contribution in [3.63, 3.8) is 0 Å². The third-order valence-corrected chi connectivity index (χ3v) is 12.9. The topological polar surface area (TPSA) is 207 Å². The summed E-state index contributed by atoms with van der Waals surface area (Å²) in [6.07, 6.45) is -13.9. The van der Waals surface area contributed by atoms with Gasteiger partial charge in [0, 0.05) is 24.0 Å². The Morgan fingerprint density at radius 1 is 0.667 bits per heavy atom. The van der Waals surface area contributed by atoms with Crippen molar-refractivity contribution in [3.05, 3.63) is 174 Å². The minimum atomic E-state index is -2.10. The summed E-state index contributed by atoms with van der Waals surface area (Å²) in [6.45, 7) is -0.208. The summed E-state index contributed by atoms with van der Waals surface area (Å²) in [5.74, 6) is -4.06. The number of ether oxygens (including phenoxy) is 10. The lowest BCUT2D eigenvalue weighted by molar-refractivity contribution is -0.331. The Morgan fingerprint density at radius 3 is 1.77 bits per heavy atom. The number of methoxy groups -OCH3 is 1. The summed E-state index contributed by atoms with van der Waals surface area (Å²) in [5, 5.41) is 2.80. The molecule has 2 aliphatic rings. The lowest BCUT2D eigenvalue weighted by atomic mass is 9.96. The van der Waals surface area contributed by atoms with E-state index in [9.17, 15) is 28.8 Å². The average Bonchev–Trinajstić information content (AvgIpc) is 3.42. The molecule has 9 unspecified atom stereocenters. The third-order valence-electron chi connectivity index (χ3n) is 11.4. The number of alkyl carbamates (subject to hydrolysis) is 1. The summed E-state index contributed by atoms with van der Waals surface area (Å²) < 4.78 is 60.4. The van der Waals surface area contributed by atoms with Crippen LogP contribution in [0.15, 0.2) is 157 Å². The number of hydrogen-bond acceptors (Lipinski definition) is 17. The van der Waals surface area contributed by atoms with Crippen molar-refractivity contribution in [3.8, 4) is 0 Å². The number of ketones is 1. The highest BCUT2D eigenvalue weighted by Crippen LogP contribution is 2.41. The number of hydrogen-bond donors (Lipinski definition) is 1. The molecule has 75 heavy (non-hydrogen) atoms. The summed E-state index contributed by atoms with van der Waals surface area (Å²) in [5.41, 5.74) is -0.290. The normalized spacial score (nSPS) is 20.9. The zero-order valence-corrected chi connectivity index (χ0v) is 43.4. The average molecular weight is 1110 g/mol. The number of fused-ring (bicyclic) bond motifs is 1. The SMILES string of the molecule is COC(C(OC(=O)c1ccccc1)C(OC(=O)c1ccccc1)OC1C(NC(=O)OCC(Cl)(Cl)Cl)C(Sc2ccccc2)OC2COC(c3ccccc3)OC21)[C@@H](COC(=O)c1ccccc1)OC(=O)CCC(C)=O. The highest BCUT2D eigenvalue weighted by atomic mass is 35.6. The minimum absolute atomic E-state index is 0.0241. The predicted octanol–water partition coefficient (Wildman–Crippen LogP) is 9.03. The number of alkyl halides is 3. The Bertz CT molecular complexity index is 2660. The van der Waals surface area contributed by atoms with Gasteiger partial charge in [-0.3, -0.25) is 4.79 Å². The zero-order valence-electron chi connectivity index (χ0n) is 40.3. The lowest BCUT2D eigenvalue weighted by Gasteiger charge is -2.50.